The molecule has 1 atom stereocenters. The maximum atomic E-state index is 6.00. The van der Waals surface area contributed by atoms with Crippen molar-refractivity contribution in [2.24, 2.45) is 0 Å². The van der Waals surface area contributed by atoms with Crippen LogP contribution < -0.4 is 19.5 Å². The SMILES string of the molecule is COc1ccc(C(c2ccc(OCc3ccccc3)cc2)N2CCCNCC2)cc1OC. The maximum Gasteiger partial charge on any atom is 0.161 e. The summed E-state index contributed by atoms with van der Waals surface area (Å²) in [5.41, 5.74) is 3.60. The molecule has 1 heterocycles. The normalized spacial score (nSPS) is 15.6. The van der Waals surface area contributed by atoms with Crippen LogP contribution in [0.15, 0.2) is 72.8 Å². The molecular formula is C27H32N2O3. The molecule has 0 aromatic heterocycles. The van der Waals surface area contributed by atoms with Gasteiger partial charge < -0.3 is 19.5 Å². The summed E-state index contributed by atoms with van der Waals surface area (Å²) in [5, 5.41) is 3.51. The molecule has 0 amide bonds. The van der Waals surface area contributed by atoms with Crippen molar-refractivity contribution >= 4 is 0 Å². The number of hydrogen-bond acceptors (Lipinski definition) is 5. The number of ether oxygens (including phenoxy) is 3. The zero-order chi connectivity index (χ0) is 22.2. The number of methoxy groups -OCH3 is 2. The third kappa shape index (κ3) is 5.42. The van der Waals surface area contributed by atoms with E-state index in [2.05, 4.69) is 58.7 Å². The summed E-state index contributed by atoms with van der Waals surface area (Å²) in [7, 11) is 3.36. The second-order valence-corrected chi connectivity index (χ2v) is 8.00. The van der Waals surface area contributed by atoms with Gasteiger partial charge in [0.25, 0.3) is 0 Å². The summed E-state index contributed by atoms with van der Waals surface area (Å²) in [6, 6.07) is 25.1. The molecule has 168 valence electrons. The van der Waals surface area contributed by atoms with Crippen LogP contribution in [0.1, 0.15) is 29.2 Å². The number of nitrogens with one attached hydrogen (secondary N) is 1. The van der Waals surface area contributed by atoms with E-state index >= 15 is 0 Å². The second kappa shape index (κ2) is 11.0. The number of benzene rings is 3. The van der Waals surface area contributed by atoms with E-state index in [1.54, 1.807) is 14.2 Å². The van der Waals surface area contributed by atoms with E-state index in [0.29, 0.717) is 6.61 Å². The predicted octanol–water partition coefficient (Wildman–Crippen LogP) is 4.67. The van der Waals surface area contributed by atoms with Crippen LogP contribution in [0.4, 0.5) is 0 Å². The van der Waals surface area contributed by atoms with Gasteiger partial charge in [0.1, 0.15) is 12.4 Å². The zero-order valence-corrected chi connectivity index (χ0v) is 18.9. The Balaban J connectivity index is 1.59. The molecule has 3 aromatic carbocycles. The molecule has 5 nitrogen and oxygen atoms in total. The maximum absolute atomic E-state index is 6.00. The first-order chi connectivity index (χ1) is 15.8. The summed E-state index contributed by atoms with van der Waals surface area (Å²) in [5.74, 6) is 2.38. The standard InChI is InChI=1S/C27H32N2O3/c1-30-25-14-11-23(19-26(25)31-2)27(29-17-6-15-28-16-18-29)22-9-12-24(13-10-22)32-20-21-7-4-3-5-8-21/h3-5,7-14,19,27-28H,6,15-18,20H2,1-2H3. The lowest BCUT2D eigenvalue weighted by molar-refractivity contribution is 0.240. The topological polar surface area (TPSA) is 43.0 Å². The molecule has 0 bridgehead atoms. The molecule has 1 unspecified atom stereocenters. The van der Waals surface area contributed by atoms with Crippen molar-refractivity contribution in [2.45, 2.75) is 19.1 Å². The third-order valence-corrected chi connectivity index (χ3v) is 5.91. The molecule has 5 heteroatoms. The van der Waals surface area contributed by atoms with Gasteiger partial charge in [-0.25, -0.2) is 0 Å². The quantitative estimate of drug-likeness (QED) is 0.560. The zero-order valence-electron chi connectivity index (χ0n) is 18.9. The molecule has 4 rings (SSSR count). The fraction of sp³-hybridized carbons (Fsp3) is 0.333. The van der Waals surface area contributed by atoms with Gasteiger partial charge in [0.05, 0.1) is 20.3 Å². The lowest BCUT2D eigenvalue weighted by Crippen LogP contribution is -2.33. The molecule has 0 saturated carbocycles. The Labute approximate surface area is 190 Å². The Morgan fingerprint density at radius 3 is 2.31 bits per heavy atom. The van der Waals surface area contributed by atoms with Crippen LogP contribution in [0.25, 0.3) is 0 Å². The van der Waals surface area contributed by atoms with Crippen molar-refractivity contribution < 1.29 is 14.2 Å². The number of rotatable bonds is 8. The number of hydrogen-bond donors (Lipinski definition) is 1. The van der Waals surface area contributed by atoms with Gasteiger partial charge >= 0.3 is 0 Å². The summed E-state index contributed by atoms with van der Waals surface area (Å²) >= 11 is 0. The molecular weight excluding hydrogens is 400 g/mol. The second-order valence-electron chi connectivity index (χ2n) is 8.00. The average Bonchev–Trinajstić information content (AvgIpc) is 3.13. The molecule has 1 fully saturated rings. The monoisotopic (exact) mass is 432 g/mol. The Morgan fingerprint density at radius 2 is 1.56 bits per heavy atom. The third-order valence-electron chi connectivity index (χ3n) is 5.91. The van der Waals surface area contributed by atoms with Gasteiger partial charge in [-0.1, -0.05) is 48.5 Å². The van der Waals surface area contributed by atoms with Crippen LogP contribution >= 0.6 is 0 Å². The average molecular weight is 433 g/mol. The number of nitrogens with zero attached hydrogens (tertiary/aromatic N) is 1. The van der Waals surface area contributed by atoms with Gasteiger partial charge in [-0.2, -0.15) is 0 Å². The van der Waals surface area contributed by atoms with E-state index in [1.807, 2.05) is 24.3 Å². The molecule has 1 N–H and O–H groups in total. The highest BCUT2D eigenvalue weighted by Crippen LogP contribution is 2.36. The lowest BCUT2D eigenvalue weighted by Gasteiger charge is -2.31. The van der Waals surface area contributed by atoms with Gasteiger partial charge in [-0.05, 0) is 53.9 Å². The molecule has 0 aliphatic carbocycles. The first-order valence-electron chi connectivity index (χ1n) is 11.2. The Kier molecular flexibility index (Phi) is 7.64. The smallest absolute Gasteiger partial charge is 0.161 e. The van der Waals surface area contributed by atoms with E-state index in [4.69, 9.17) is 14.2 Å². The first kappa shape index (κ1) is 22.2. The van der Waals surface area contributed by atoms with Crippen molar-refractivity contribution in [3.05, 3.63) is 89.5 Å². The minimum absolute atomic E-state index is 0.137. The Morgan fingerprint density at radius 1 is 0.812 bits per heavy atom. The fourth-order valence-corrected chi connectivity index (χ4v) is 4.25. The van der Waals surface area contributed by atoms with Crippen molar-refractivity contribution in [2.75, 3.05) is 40.4 Å². The molecule has 3 aromatic rings. The first-order valence-corrected chi connectivity index (χ1v) is 11.2. The molecule has 1 aliphatic heterocycles. The highest BCUT2D eigenvalue weighted by molar-refractivity contribution is 5.46. The van der Waals surface area contributed by atoms with Crippen molar-refractivity contribution in [3.8, 4) is 17.2 Å². The van der Waals surface area contributed by atoms with E-state index in [9.17, 15) is 0 Å². The van der Waals surface area contributed by atoms with Crippen molar-refractivity contribution in [1.29, 1.82) is 0 Å². The van der Waals surface area contributed by atoms with E-state index in [0.717, 1.165) is 55.4 Å². The van der Waals surface area contributed by atoms with Crippen LogP contribution in [-0.2, 0) is 6.61 Å². The molecule has 0 spiro atoms. The van der Waals surface area contributed by atoms with Gasteiger partial charge in [0.15, 0.2) is 11.5 Å². The largest absolute Gasteiger partial charge is 0.493 e. The highest BCUT2D eigenvalue weighted by atomic mass is 16.5. The van der Waals surface area contributed by atoms with Gasteiger partial charge in [0.2, 0.25) is 0 Å². The highest BCUT2D eigenvalue weighted by Gasteiger charge is 2.24. The Bertz CT molecular complexity index is 968. The molecule has 1 aliphatic rings. The van der Waals surface area contributed by atoms with E-state index in [1.165, 1.54) is 11.1 Å². The Hall–Kier alpha value is -3.02. The van der Waals surface area contributed by atoms with Crippen molar-refractivity contribution in [1.82, 2.24) is 10.2 Å². The van der Waals surface area contributed by atoms with Crippen LogP contribution in [-0.4, -0.2) is 45.3 Å². The predicted molar refractivity (Wildman–Crippen MR) is 128 cm³/mol. The molecule has 32 heavy (non-hydrogen) atoms. The minimum Gasteiger partial charge on any atom is -0.493 e. The summed E-state index contributed by atoms with van der Waals surface area (Å²) in [6.45, 7) is 4.64. The van der Waals surface area contributed by atoms with Gasteiger partial charge in [0, 0.05) is 19.6 Å². The minimum atomic E-state index is 0.137. The summed E-state index contributed by atoms with van der Waals surface area (Å²) < 4.78 is 17.1. The van der Waals surface area contributed by atoms with Crippen LogP contribution in [0.5, 0.6) is 17.2 Å². The molecule has 0 radical (unpaired) electrons. The van der Waals surface area contributed by atoms with E-state index < -0.39 is 0 Å². The van der Waals surface area contributed by atoms with Crippen molar-refractivity contribution in [3.63, 3.8) is 0 Å². The summed E-state index contributed by atoms with van der Waals surface area (Å²) in [4.78, 5) is 2.54. The van der Waals surface area contributed by atoms with E-state index in [-0.39, 0.29) is 6.04 Å². The lowest BCUT2D eigenvalue weighted by atomic mass is 9.96. The van der Waals surface area contributed by atoms with Gasteiger partial charge in [-0.15, -0.1) is 0 Å². The van der Waals surface area contributed by atoms with Gasteiger partial charge in [-0.3, -0.25) is 4.90 Å². The van der Waals surface area contributed by atoms with Crippen LogP contribution in [0, 0.1) is 0 Å². The van der Waals surface area contributed by atoms with Crippen LogP contribution in [0.2, 0.25) is 0 Å². The van der Waals surface area contributed by atoms with Crippen LogP contribution in [0.3, 0.4) is 0 Å². The summed E-state index contributed by atoms with van der Waals surface area (Å²) in [6.07, 6.45) is 1.13. The fourth-order valence-electron chi connectivity index (χ4n) is 4.25. The molecule has 1 saturated heterocycles.